The summed E-state index contributed by atoms with van der Waals surface area (Å²) in [6, 6.07) is 43.3. The fourth-order valence-electron chi connectivity index (χ4n) is 8.96. The number of furan rings is 1. The number of fused-ring (bicyclic) bond motifs is 9. The van der Waals surface area contributed by atoms with Crippen molar-refractivity contribution in [1.82, 2.24) is 0 Å². The van der Waals surface area contributed by atoms with Gasteiger partial charge < -0.3 is 9.32 Å². The summed E-state index contributed by atoms with van der Waals surface area (Å²) in [4.78, 5) is 2.45. The van der Waals surface area contributed by atoms with Gasteiger partial charge in [-0.1, -0.05) is 134 Å². The van der Waals surface area contributed by atoms with Crippen LogP contribution in [-0.4, -0.2) is 0 Å². The molecule has 50 heavy (non-hydrogen) atoms. The van der Waals surface area contributed by atoms with Crippen LogP contribution in [0.1, 0.15) is 101 Å². The van der Waals surface area contributed by atoms with E-state index in [9.17, 15) is 0 Å². The van der Waals surface area contributed by atoms with Crippen molar-refractivity contribution < 1.29 is 4.42 Å². The van der Waals surface area contributed by atoms with Crippen LogP contribution in [0.3, 0.4) is 0 Å². The zero-order valence-corrected chi connectivity index (χ0v) is 30.5. The van der Waals surface area contributed by atoms with Crippen molar-refractivity contribution >= 4 is 39.0 Å². The second kappa shape index (κ2) is 10.7. The van der Waals surface area contributed by atoms with E-state index in [1.807, 2.05) is 0 Å². The van der Waals surface area contributed by atoms with Crippen LogP contribution >= 0.6 is 0 Å². The third kappa shape index (κ3) is 4.27. The fraction of sp³-hybridized carbons (Fsp3) is 0.250. The van der Waals surface area contributed by atoms with E-state index in [2.05, 4.69) is 176 Å². The monoisotopic (exact) mass is 651 g/mol. The summed E-state index contributed by atoms with van der Waals surface area (Å²) in [7, 11) is 0. The quantitative estimate of drug-likeness (QED) is 0.184. The first-order chi connectivity index (χ1) is 24.0. The van der Waals surface area contributed by atoms with E-state index >= 15 is 0 Å². The van der Waals surface area contributed by atoms with E-state index < -0.39 is 0 Å². The van der Waals surface area contributed by atoms with Crippen LogP contribution in [0.2, 0.25) is 0 Å². The number of nitrogens with zero attached hydrogens (tertiary/aromatic N) is 1. The van der Waals surface area contributed by atoms with Crippen molar-refractivity contribution in [3.05, 3.63) is 149 Å². The SMILES string of the molecule is CC(C)c1cc(C(C)C)c2oc3c(N(c4ccc5c(c4)C(C)(C)c4ccccc4-5)c4ccc5c(c4)C(C)(C)c4ccccc4-5)cccc3c2c1. The molecule has 6 aromatic carbocycles. The smallest absolute Gasteiger partial charge is 0.159 e. The van der Waals surface area contributed by atoms with E-state index in [0.717, 1.165) is 33.6 Å². The van der Waals surface area contributed by atoms with Crippen LogP contribution < -0.4 is 4.90 Å². The normalized spacial score (nSPS) is 15.1. The molecule has 0 spiro atoms. The molecular weight excluding hydrogens is 607 g/mol. The average Bonchev–Trinajstić information content (AvgIpc) is 3.68. The Labute approximate surface area is 296 Å². The molecular formula is C48H45NO. The molecule has 2 aliphatic rings. The number of anilines is 3. The van der Waals surface area contributed by atoms with Crippen LogP contribution in [0.25, 0.3) is 44.2 Å². The van der Waals surface area contributed by atoms with Gasteiger partial charge in [-0.15, -0.1) is 0 Å². The standard InChI is InChI=1S/C48H45NO/c1-28(2)30-24-38(29(3)4)45-39(25-30)37-16-13-19-44(46(37)50-45)49(31-20-22-35-33-14-9-11-17-40(33)47(5,6)42(35)26-31)32-21-23-36-34-15-10-12-18-41(34)48(7,8)43(36)27-32/h9-29H,1-8H3. The van der Waals surface area contributed by atoms with E-state index in [1.165, 1.54) is 61.0 Å². The third-order valence-corrected chi connectivity index (χ3v) is 11.8. The van der Waals surface area contributed by atoms with Gasteiger partial charge in [0.15, 0.2) is 5.58 Å². The molecule has 0 bridgehead atoms. The van der Waals surface area contributed by atoms with Gasteiger partial charge >= 0.3 is 0 Å². The number of hydrogen-bond acceptors (Lipinski definition) is 2. The minimum atomic E-state index is -0.111. The van der Waals surface area contributed by atoms with Crippen LogP contribution in [0.5, 0.6) is 0 Å². The first-order valence-electron chi connectivity index (χ1n) is 18.2. The molecule has 2 heteroatoms. The number of hydrogen-bond donors (Lipinski definition) is 0. The molecule has 0 aliphatic heterocycles. The van der Waals surface area contributed by atoms with Crippen molar-refractivity contribution in [3.63, 3.8) is 0 Å². The Bertz CT molecular complexity index is 2400. The first kappa shape index (κ1) is 30.9. The molecule has 0 atom stereocenters. The van der Waals surface area contributed by atoms with Gasteiger partial charge in [-0.25, -0.2) is 0 Å². The molecule has 2 nitrogen and oxygen atoms in total. The van der Waals surface area contributed by atoms with Gasteiger partial charge in [-0.3, -0.25) is 0 Å². The predicted octanol–water partition coefficient (Wildman–Crippen LogP) is 13.9. The highest BCUT2D eigenvalue weighted by Crippen LogP contribution is 2.54. The molecule has 0 saturated carbocycles. The highest BCUT2D eigenvalue weighted by molar-refractivity contribution is 6.11. The summed E-state index contributed by atoms with van der Waals surface area (Å²) < 4.78 is 7.06. The topological polar surface area (TPSA) is 16.4 Å². The Morgan fingerprint density at radius 3 is 1.56 bits per heavy atom. The van der Waals surface area contributed by atoms with Gasteiger partial charge in [-0.05, 0) is 104 Å². The predicted molar refractivity (Wildman–Crippen MR) is 212 cm³/mol. The maximum Gasteiger partial charge on any atom is 0.159 e. The Balaban J connectivity index is 1.32. The van der Waals surface area contributed by atoms with Crippen molar-refractivity contribution in [1.29, 1.82) is 0 Å². The van der Waals surface area contributed by atoms with Crippen LogP contribution in [0, 0.1) is 0 Å². The van der Waals surface area contributed by atoms with E-state index in [0.29, 0.717) is 11.8 Å². The minimum absolute atomic E-state index is 0.111. The molecule has 9 rings (SSSR count). The molecule has 1 aromatic heterocycles. The Morgan fingerprint density at radius 2 is 1.02 bits per heavy atom. The van der Waals surface area contributed by atoms with E-state index in [-0.39, 0.29) is 10.8 Å². The Hall–Kier alpha value is -5.08. The Morgan fingerprint density at radius 1 is 0.480 bits per heavy atom. The summed E-state index contributed by atoms with van der Waals surface area (Å²) in [5, 5.41) is 2.36. The summed E-state index contributed by atoms with van der Waals surface area (Å²) >= 11 is 0. The molecule has 0 fully saturated rings. The summed E-state index contributed by atoms with van der Waals surface area (Å²) in [6.45, 7) is 18.5. The molecule has 0 radical (unpaired) electrons. The molecule has 7 aromatic rings. The highest BCUT2D eigenvalue weighted by Gasteiger charge is 2.38. The van der Waals surface area contributed by atoms with Gasteiger partial charge in [0.2, 0.25) is 0 Å². The molecule has 1 heterocycles. The van der Waals surface area contributed by atoms with Crippen LogP contribution in [0.4, 0.5) is 17.1 Å². The maximum absolute atomic E-state index is 7.06. The molecule has 0 unspecified atom stereocenters. The Kier molecular flexibility index (Phi) is 6.63. The van der Waals surface area contributed by atoms with Crippen LogP contribution in [-0.2, 0) is 10.8 Å². The first-order valence-corrected chi connectivity index (χ1v) is 18.2. The van der Waals surface area contributed by atoms with Gasteiger partial charge in [0.05, 0.1) is 5.69 Å². The number of para-hydroxylation sites is 1. The van der Waals surface area contributed by atoms with Gasteiger partial charge in [0.25, 0.3) is 0 Å². The minimum Gasteiger partial charge on any atom is -0.454 e. The zero-order valence-electron chi connectivity index (χ0n) is 30.5. The molecule has 248 valence electrons. The van der Waals surface area contributed by atoms with Crippen molar-refractivity contribution in [3.8, 4) is 22.3 Å². The summed E-state index contributed by atoms with van der Waals surface area (Å²) in [6.07, 6.45) is 0. The lowest BCUT2D eigenvalue weighted by atomic mass is 9.82. The van der Waals surface area contributed by atoms with Gasteiger partial charge in [0, 0.05) is 33.0 Å². The summed E-state index contributed by atoms with van der Waals surface area (Å²) in [5.74, 6) is 0.775. The summed E-state index contributed by atoms with van der Waals surface area (Å²) in [5.41, 5.74) is 18.5. The lowest BCUT2D eigenvalue weighted by molar-refractivity contribution is 0.655. The van der Waals surface area contributed by atoms with Gasteiger partial charge in [-0.2, -0.15) is 0 Å². The lowest BCUT2D eigenvalue weighted by Gasteiger charge is -2.29. The molecule has 2 aliphatic carbocycles. The lowest BCUT2D eigenvalue weighted by Crippen LogP contribution is -2.18. The number of benzene rings is 6. The maximum atomic E-state index is 7.06. The highest BCUT2D eigenvalue weighted by atomic mass is 16.3. The molecule has 0 N–H and O–H groups in total. The second-order valence-corrected chi connectivity index (χ2v) is 16.2. The molecule has 0 amide bonds. The van der Waals surface area contributed by atoms with E-state index in [1.54, 1.807) is 0 Å². The fourth-order valence-corrected chi connectivity index (χ4v) is 8.96. The molecule has 0 saturated heterocycles. The largest absolute Gasteiger partial charge is 0.454 e. The second-order valence-electron chi connectivity index (χ2n) is 16.2. The van der Waals surface area contributed by atoms with Crippen molar-refractivity contribution in [2.24, 2.45) is 0 Å². The van der Waals surface area contributed by atoms with Crippen molar-refractivity contribution in [2.45, 2.75) is 78.1 Å². The number of rotatable bonds is 5. The third-order valence-electron chi connectivity index (χ3n) is 11.8. The zero-order chi connectivity index (χ0) is 34.7. The van der Waals surface area contributed by atoms with E-state index in [4.69, 9.17) is 4.42 Å². The van der Waals surface area contributed by atoms with Crippen LogP contribution in [0.15, 0.2) is 120 Å². The van der Waals surface area contributed by atoms with Gasteiger partial charge in [0.1, 0.15) is 5.58 Å². The average molecular weight is 652 g/mol. The van der Waals surface area contributed by atoms with Crippen molar-refractivity contribution in [2.75, 3.05) is 4.90 Å².